The molecular weight excluding hydrogens is 340 g/mol. The lowest BCUT2D eigenvalue weighted by molar-refractivity contribution is 0.102. The molecule has 2 aromatic carbocycles. The van der Waals surface area contributed by atoms with Crippen LogP contribution in [-0.2, 0) is 0 Å². The summed E-state index contributed by atoms with van der Waals surface area (Å²) >= 11 is 11.8. The van der Waals surface area contributed by atoms with Crippen LogP contribution in [0.15, 0.2) is 54.7 Å². The molecule has 116 valence electrons. The first-order valence-corrected chi connectivity index (χ1v) is 7.36. The molecule has 0 aliphatic carbocycles. The van der Waals surface area contributed by atoms with Gasteiger partial charge in [0, 0.05) is 11.2 Å². The van der Waals surface area contributed by atoms with Gasteiger partial charge in [-0.15, -0.1) is 0 Å². The van der Waals surface area contributed by atoms with E-state index in [4.69, 9.17) is 23.2 Å². The van der Waals surface area contributed by atoms with E-state index in [2.05, 4.69) is 10.4 Å². The standard InChI is InChI=1S/C16H10Cl2FN3O/c17-10-1-6-14(13(18)9-10)20-16(23)15-7-8-22(21-15)12-4-2-11(19)3-5-12/h1-9H,(H,20,23). The average Bonchev–Trinajstić information content (AvgIpc) is 3.01. The number of aromatic nitrogens is 2. The first-order valence-electron chi connectivity index (χ1n) is 6.61. The smallest absolute Gasteiger partial charge is 0.276 e. The summed E-state index contributed by atoms with van der Waals surface area (Å²) in [5.41, 5.74) is 1.30. The number of amides is 1. The molecule has 3 aromatic rings. The predicted octanol–water partition coefficient (Wildman–Crippen LogP) is 4.57. The number of benzene rings is 2. The Hall–Kier alpha value is -2.37. The molecule has 23 heavy (non-hydrogen) atoms. The van der Waals surface area contributed by atoms with Crippen LogP contribution in [0.5, 0.6) is 0 Å². The van der Waals surface area contributed by atoms with Gasteiger partial charge in [-0.3, -0.25) is 4.79 Å². The van der Waals surface area contributed by atoms with Gasteiger partial charge in [0.1, 0.15) is 5.82 Å². The number of nitrogens with zero attached hydrogens (tertiary/aromatic N) is 2. The molecule has 0 bridgehead atoms. The Morgan fingerprint density at radius 2 is 1.83 bits per heavy atom. The number of nitrogens with one attached hydrogen (secondary N) is 1. The molecule has 1 N–H and O–H groups in total. The van der Waals surface area contributed by atoms with Crippen molar-refractivity contribution in [1.82, 2.24) is 9.78 Å². The van der Waals surface area contributed by atoms with Crippen LogP contribution >= 0.6 is 23.2 Å². The van der Waals surface area contributed by atoms with E-state index < -0.39 is 5.91 Å². The Labute approximate surface area is 141 Å². The highest BCUT2D eigenvalue weighted by atomic mass is 35.5. The van der Waals surface area contributed by atoms with E-state index in [-0.39, 0.29) is 11.5 Å². The van der Waals surface area contributed by atoms with Crippen molar-refractivity contribution in [3.63, 3.8) is 0 Å². The molecule has 0 saturated carbocycles. The summed E-state index contributed by atoms with van der Waals surface area (Å²) in [6.07, 6.45) is 1.62. The van der Waals surface area contributed by atoms with Crippen molar-refractivity contribution in [2.24, 2.45) is 0 Å². The molecule has 4 nitrogen and oxygen atoms in total. The molecule has 1 aromatic heterocycles. The largest absolute Gasteiger partial charge is 0.319 e. The van der Waals surface area contributed by atoms with Gasteiger partial charge < -0.3 is 5.32 Å². The molecule has 0 fully saturated rings. The lowest BCUT2D eigenvalue weighted by atomic mass is 10.3. The number of hydrogen-bond acceptors (Lipinski definition) is 2. The van der Waals surface area contributed by atoms with E-state index in [1.165, 1.54) is 22.9 Å². The summed E-state index contributed by atoms with van der Waals surface area (Å²) in [5.74, 6) is -0.744. The highest BCUT2D eigenvalue weighted by molar-refractivity contribution is 6.36. The summed E-state index contributed by atoms with van der Waals surface area (Å²) in [7, 11) is 0. The number of halogens is 3. The molecule has 0 saturated heterocycles. The van der Waals surface area contributed by atoms with Gasteiger partial charge >= 0.3 is 0 Å². The van der Waals surface area contributed by atoms with Crippen LogP contribution in [0.3, 0.4) is 0 Å². The van der Waals surface area contributed by atoms with Crippen LogP contribution in [0.1, 0.15) is 10.5 Å². The van der Waals surface area contributed by atoms with Gasteiger partial charge in [0.05, 0.1) is 16.4 Å². The van der Waals surface area contributed by atoms with Crippen LogP contribution in [0.2, 0.25) is 10.0 Å². The zero-order chi connectivity index (χ0) is 16.4. The minimum absolute atomic E-state index is 0.209. The van der Waals surface area contributed by atoms with Crippen molar-refractivity contribution in [2.75, 3.05) is 5.32 Å². The zero-order valence-electron chi connectivity index (χ0n) is 11.6. The van der Waals surface area contributed by atoms with Crippen molar-refractivity contribution < 1.29 is 9.18 Å². The third kappa shape index (κ3) is 3.52. The van der Waals surface area contributed by atoms with Crippen LogP contribution in [0.25, 0.3) is 5.69 Å². The minimum atomic E-state index is -0.407. The van der Waals surface area contributed by atoms with Gasteiger partial charge in [0.15, 0.2) is 5.69 Å². The highest BCUT2D eigenvalue weighted by Gasteiger charge is 2.12. The molecule has 3 rings (SSSR count). The maximum atomic E-state index is 12.9. The second-order valence-corrected chi connectivity index (χ2v) is 5.54. The molecule has 1 amide bonds. The summed E-state index contributed by atoms with van der Waals surface area (Å²) in [5, 5.41) is 7.65. The maximum Gasteiger partial charge on any atom is 0.276 e. The number of carbonyl (C=O) groups excluding carboxylic acids is 1. The van der Waals surface area contributed by atoms with Crippen LogP contribution in [-0.4, -0.2) is 15.7 Å². The van der Waals surface area contributed by atoms with Crippen molar-refractivity contribution in [3.05, 3.63) is 76.3 Å². The summed E-state index contributed by atoms with van der Waals surface area (Å²) in [4.78, 5) is 12.2. The molecule has 1 heterocycles. The molecule has 0 aliphatic heterocycles. The third-order valence-electron chi connectivity index (χ3n) is 3.09. The van der Waals surface area contributed by atoms with Gasteiger partial charge in [-0.1, -0.05) is 23.2 Å². The van der Waals surface area contributed by atoms with E-state index in [1.54, 1.807) is 36.5 Å². The van der Waals surface area contributed by atoms with E-state index in [0.29, 0.717) is 21.4 Å². The Morgan fingerprint density at radius 1 is 1.09 bits per heavy atom. The Bertz CT molecular complexity index is 862. The first kappa shape index (κ1) is 15.5. The molecular formula is C16H10Cl2FN3O. The minimum Gasteiger partial charge on any atom is -0.319 e. The lowest BCUT2D eigenvalue weighted by Crippen LogP contribution is -2.13. The molecule has 0 spiro atoms. The van der Waals surface area contributed by atoms with E-state index in [0.717, 1.165) is 0 Å². The summed E-state index contributed by atoms with van der Waals surface area (Å²) in [6, 6.07) is 12.1. The fourth-order valence-electron chi connectivity index (χ4n) is 1.96. The second kappa shape index (κ2) is 6.40. The summed E-state index contributed by atoms with van der Waals surface area (Å²) in [6.45, 7) is 0. The zero-order valence-corrected chi connectivity index (χ0v) is 13.1. The molecule has 7 heteroatoms. The SMILES string of the molecule is O=C(Nc1ccc(Cl)cc1Cl)c1ccn(-c2ccc(F)cc2)n1. The van der Waals surface area contributed by atoms with Gasteiger partial charge in [-0.05, 0) is 48.5 Å². The highest BCUT2D eigenvalue weighted by Crippen LogP contribution is 2.25. The maximum absolute atomic E-state index is 12.9. The Balaban J connectivity index is 1.79. The van der Waals surface area contributed by atoms with Gasteiger partial charge in [-0.2, -0.15) is 5.10 Å². The van der Waals surface area contributed by atoms with Crippen LogP contribution < -0.4 is 5.32 Å². The van der Waals surface area contributed by atoms with E-state index in [1.807, 2.05) is 0 Å². The van der Waals surface area contributed by atoms with E-state index in [9.17, 15) is 9.18 Å². The van der Waals surface area contributed by atoms with Crippen molar-refractivity contribution in [3.8, 4) is 5.69 Å². The number of rotatable bonds is 3. The Morgan fingerprint density at radius 3 is 2.52 bits per heavy atom. The fourth-order valence-corrected chi connectivity index (χ4v) is 2.42. The molecule has 0 unspecified atom stereocenters. The number of anilines is 1. The third-order valence-corrected chi connectivity index (χ3v) is 3.64. The number of carbonyl (C=O) groups is 1. The van der Waals surface area contributed by atoms with Crippen molar-refractivity contribution in [1.29, 1.82) is 0 Å². The van der Waals surface area contributed by atoms with Gasteiger partial charge in [0.25, 0.3) is 5.91 Å². The predicted molar refractivity (Wildman–Crippen MR) is 87.9 cm³/mol. The van der Waals surface area contributed by atoms with Crippen LogP contribution in [0, 0.1) is 5.82 Å². The lowest BCUT2D eigenvalue weighted by Gasteiger charge is -2.06. The second-order valence-electron chi connectivity index (χ2n) is 4.70. The fraction of sp³-hybridized carbons (Fsp3) is 0. The Kier molecular flexibility index (Phi) is 4.32. The average molecular weight is 350 g/mol. The van der Waals surface area contributed by atoms with Crippen LogP contribution in [0.4, 0.5) is 10.1 Å². The first-order chi connectivity index (χ1) is 11.0. The topological polar surface area (TPSA) is 46.9 Å². The monoisotopic (exact) mass is 349 g/mol. The van der Waals surface area contributed by atoms with Crippen molar-refractivity contribution >= 4 is 34.8 Å². The normalized spacial score (nSPS) is 10.6. The van der Waals surface area contributed by atoms with Gasteiger partial charge in [0.2, 0.25) is 0 Å². The molecule has 0 atom stereocenters. The van der Waals surface area contributed by atoms with Crippen molar-refractivity contribution in [2.45, 2.75) is 0 Å². The van der Waals surface area contributed by atoms with E-state index >= 15 is 0 Å². The van der Waals surface area contributed by atoms with Gasteiger partial charge in [-0.25, -0.2) is 9.07 Å². The molecule has 0 aliphatic rings. The summed E-state index contributed by atoms with van der Waals surface area (Å²) < 4.78 is 14.4. The number of hydrogen-bond donors (Lipinski definition) is 1. The molecule has 0 radical (unpaired) electrons. The quantitative estimate of drug-likeness (QED) is 0.752.